The zero-order chi connectivity index (χ0) is 24.4. The molecule has 42 heavy (non-hydrogen) atoms. The average Bonchev–Trinajstić information content (AvgIpc) is 3.76. The quantitative estimate of drug-likeness (QED) is 0.162. The smallest absolute Gasteiger partial charge is 0 e. The third-order valence-electron chi connectivity index (χ3n) is 6.19. The normalized spacial score (nSPS) is 8.76. The minimum Gasteiger partial charge on any atom is -1.00 e. The molecule has 8 aromatic rings. The molecule has 8 rings (SSSR count). The summed E-state index contributed by atoms with van der Waals surface area (Å²) in [5, 5.41) is 10.6. The number of hydrogen-bond acceptors (Lipinski definition) is 0. The molecule has 0 amide bonds. The van der Waals surface area contributed by atoms with Gasteiger partial charge in [-0.3, -0.25) is 0 Å². The van der Waals surface area contributed by atoms with E-state index in [4.69, 9.17) is 0 Å². The topological polar surface area (TPSA) is 0 Å². The molecule has 208 valence electrons. The van der Waals surface area contributed by atoms with Crippen LogP contribution in [0.4, 0.5) is 0 Å². The first kappa shape index (κ1) is 42.2. The molecule has 8 aromatic carbocycles. The maximum absolute atomic E-state index is 2.12. The second kappa shape index (κ2) is 22.6. The molecule has 6 heteroatoms. The van der Waals surface area contributed by atoms with Crippen LogP contribution in [0.15, 0.2) is 170 Å². The summed E-state index contributed by atoms with van der Waals surface area (Å²) < 4.78 is 0. The molecular weight excluding hydrogens is 916 g/mol. The van der Waals surface area contributed by atoms with Crippen LogP contribution in [0, 0.1) is 0 Å². The molecule has 0 spiro atoms. The fourth-order valence-electron chi connectivity index (χ4n) is 4.28. The number of rotatable bonds is 0. The SMILES string of the molecule is [Cl-].[Cl-].[Hf].[Hf].[Si].[Si].c1ccc2[cH-]ccc2c1.c1ccc2[cH-]ccc2c1.c1ccc2[cH-]ccc2c1.c1ccc2[cH-]ccc2c1. The molecule has 0 saturated heterocycles. The van der Waals surface area contributed by atoms with Gasteiger partial charge in [-0.15, -0.1) is 119 Å². The van der Waals surface area contributed by atoms with E-state index in [1.165, 1.54) is 43.1 Å². The van der Waals surface area contributed by atoms with Gasteiger partial charge in [-0.05, 0) is 0 Å². The Bertz CT molecular complexity index is 1390. The van der Waals surface area contributed by atoms with E-state index in [1.807, 2.05) is 0 Å². The van der Waals surface area contributed by atoms with Crippen LogP contribution in [0.25, 0.3) is 43.1 Å². The van der Waals surface area contributed by atoms with Crippen molar-refractivity contribution in [3.63, 3.8) is 0 Å². The summed E-state index contributed by atoms with van der Waals surface area (Å²) in [7, 11) is 0. The van der Waals surface area contributed by atoms with E-state index in [0.717, 1.165) is 0 Å². The van der Waals surface area contributed by atoms with Crippen LogP contribution in [0.1, 0.15) is 0 Å². The van der Waals surface area contributed by atoms with E-state index in [-0.39, 0.29) is 98.4 Å². The summed E-state index contributed by atoms with van der Waals surface area (Å²) in [6, 6.07) is 58.7. The monoisotopic (exact) mass is 946 g/mol. The molecule has 0 saturated carbocycles. The van der Waals surface area contributed by atoms with Crippen LogP contribution in [-0.4, -0.2) is 21.9 Å². The first-order valence-corrected chi connectivity index (χ1v) is 12.3. The minimum atomic E-state index is 0. The van der Waals surface area contributed by atoms with Crippen LogP contribution in [0.5, 0.6) is 0 Å². The molecule has 8 radical (unpaired) electrons. The van der Waals surface area contributed by atoms with Gasteiger partial charge in [0.1, 0.15) is 0 Å². The van der Waals surface area contributed by atoms with Gasteiger partial charge in [0.2, 0.25) is 0 Å². The Balaban J connectivity index is 0. The van der Waals surface area contributed by atoms with Crippen molar-refractivity contribution in [1.82, 2.24) is 0 Å². The maximum Gasteiger partial charge on any atom is 0 e. The summed E-state index contributed by atoms with van der Waals surface area (Å²) in [5.74, 6) is 0. The zero-order valence-corrected chi connectivity index (χ0v) is 33.6. The third kappa shape index (κ3) is 12.0. The van der Waals surface area contributed by atoms with Crippen molar-refractivity contribution in [1.29, 1.82) is 0 Å². The fourth-order valence-corrected chi connectivity index (χ4v) is 4.28. The van der Waals surface area contributed by atoms with E-state index in [2.05, 4.69) is 170 Å². The van der Waals surface area contributed by atoms with Crippen LogP contribution >= 0.6 is 0 Å². The van der Waals surface area contributed by atoms with E-state index < -0.39 is 0 Å². The minimum absolute atomic E-state index is 0. The van der Waals surface area contributed by atoms with Gasteiger partial charge in [-0.1, -0.05) is 24.3 Å². The Hall–Kier alpha value is -1.93. The fraction of sp³-hybridized carbons (Fsp3) is 0. The number of hydrogen-bond donors (Lipinski definition) is 0. The first-order valence-electron chi connectivity index (χ1n) is 12.3. The van der Waals surface area contributed by atoms with Crippen molar-refractivity contribution >= 4 is 65.0 Å². The number of fused-ring (bicyclic) bond motifs is 4. The van der Waals surface area contributed by atoms with Crippen molar-refractivity contribution in [2.75, 3.05) is 0 Å². The van der Waals surface area contributed by atoms with Gasteiger partial charge in [-0.25, -0.2) is 0 Å². The van der Waals surface area contributed by atoms with Crippen LogP contribution < -0.4 is 24.8 Å². The van der Waals surface area contributed by atoms with Crippen LogP contribution in [-0.2, 0) is 51.7 Å². The molecule has 0 fully saturated rings. The molecular formula is C36H28Cl2Hf2Si2-6. The molecule has 0 aromatic heterocycles. The van der Waals surface area contributed by atoms with Crippen molar-refractivity contribution in [3.8, 4) is 0 Å². The predicted octanol–water partition coefficient (Wildman–Crippen LogP) is 3.48. The van der Waals surface area contributed by atoms with Crippen LogP contribution in [0.3, 0.4) is 0 Å². The van der Waals surface area contributed by atoms with Gasteiger partial charge in [0.15, 0.2) is 0 Å². The molecule has 0 unspecified atom stereocenters. The molecule has 0 atom stereocenters. The zero-order valence-electron chi connectivity index (χ0n) is 22.9. The summed E-state index contributed by atoms with van der Waals surface area (Å²) in [6.07, 6.45) is 0. The number of benzene rings is 4. The van der Waals surface area contributed by atoms with Crippen molar-refractivity contribution in [3.05, 3.63) is 170 Å². The van der Waals surface area contributed by atoms with Crippen molar-refractivity contribution < 1.29 is 76.5 Å². The summed E-state index contributed by atoms with van der Waals surface area (Å²) in [5.41, 5.74) is 0. The Morgan fingerprint density at radius 3 is 0.667 bits per heavy atom. The molecule has 0 aliphatic heterocycles. The average molecular weight is 945 g/mol. The van der Waals surface area contributed by atoms with Gasteiger partial charge < -0.3 is 24.8 Å². The van der Waals surface area contributed by atoms with Gasteiger partial charge in [0.25, 0.3) is 0 Å². The second-order valence-corrected chi connectivity index (χ2v) is 8.62. The molecule has 0 N–H and O–H groups in total. The molecule has 0 nitrogen and oxygen atoms in total. The summed E-state index contributed by atoms with van der Waals surface area (Å²) >= 11 is 0. The number of halogens is 2. The predicted molar refractivity (Wildman–Crippen MR) is 170 cm³/mol. The van der Waals surface area contributed by atoms with Crippen molar-refractivity contribution in [2.24, 2.45) is 0 Å². The Morgan fingerprint density at radius 2 is 0.476 bits per heavy atom. The van der Waals surface area contributed by atoms with E-state index >= 15 is 0 Å². The molecule has 0 bridgehead atoms. The van der Waals surface area contributed by atoms with Gasteiger partial charge in [0, 0.05) is 73.6 Å². The Labute approximate surface area is 308 Å². The maximum atomic E-state index is 2.12. The Morgan fingerprint density at radius 1 is 0.286 bits per heavy atom. The van der Waals surface area contributed by atoms with Gasteiger partial charge in [-0.2, -0.15) is 70.1 Å². The van der Waals surface area contributed by atoms with Crippen molar-refractivity contribution in [2.45, 2.75) is 0 Å². The third-order valence-corrected chi connectivity index (χ3v) is 6.19. The molecule has 0 heterocycles. The summed E-state index contributed by atoms with van der Waals surface area (Å²) in [6.45, 7) is 0. The van der Waals surface area contributed by atoms with E-state index in [9.17, 15) is 0 Å². The summed E-state index contributed by atoms with van der Waals surface area (Å²) in [4.78, 5) is 0. The Kier molecular flexibility index (Phi) is 22.7. The standard InChI is InChI=1S/4C9H7.2ClH.2Hf.2Si/c4*1-2-5-9-7-3-6-8(9)4-1;;;;;;/h4*1-7H;2*1H;;;;/q4*-1;;;;;;/p-2. The van der Waals surface area contributed by atoms with Gasteiger partial charge in [0.05, 0.1) is 0 Å². The van der Waals surface area contributed by atoms with E-state index in [0.29, 0.717) is 0 Å². The van der Waals surface area contributed by atoms with Crippen LogP contribution in [0.2, 0.25) is 0 Å². The largest absolute Gasteiger partial charge is 1.00 e. The van der Waals surface area contributed by atoms with E-state index in [1.54, 1.807) is 0 Å². The first-order chi connectivity index (χ1) is 17.9. The molecule has 0 aliphatic rings. The molecule has 0 aliphatic carbocycles. The van der Waals surface area contributed by atoms with Gasteiger partial charge >= 0.3 is 0 Å². The second-order valence-electron chi connectivity index (χ2n) is 8.62.